The lowest BCUT2D eigenvalue weighted by atomic mass is 9.91. The maximum Gasteiger partial charge on any atom is 0.0645 e. The predicted octanol–water partition coefficient (Wildman–Crippen LogP) is 14.8. The molecule has 10 rings (SSSR count). The van der Waals surface area contributed by atoms with Crippen molar-refractivity contribution in [1.29, 1.82) is 0 Å². The van der Waals surface area contributed by atoms with Crippen LogP contribution in [-0.4, -0.2) is 0 Å². The monoisotopic (exact) mass is 688 g/mol. The Morgan fingerprint density at radius 2 is 0.906 bits per heavy atom. The molecule has 0 radical (unpaired) electrons. The number of fused-ring (bicyclic) bond motifs is 5. The standard InChI is InChI=1S/C52H35N/c1-2-13-37(14-3-1)50-33-40-16-4-5-17-41(40)34-51(50)39-27-31-44(32-28-39)53(52-35-42-18-7-9-21-47(42)48-22-10-11-23-49(48)52)43-29-25-38(26-30-43)46-24-12-19-36-15-6-8-20-45(36)46/h1-35H/i1D,2D,3D,4D,5D,13D,14D,16D,17D,27D,28D,31D,32D,33D,34D. The Kier molecular flexibility index (Phi) is 4.66. The van der Waals surface area contributed by atoms with Crippen LogP contribution in [0.3, 0.4) is 0 Å². The van der Waals surface area contributed by atoms with E-state index < -0.39 is 124 Å². The fraction of sp³-hybridized carbons (Fsp3) is 0. The molecule has 0 aliphatic carbocycles. The van der Waals surface area contributed by atoms with Crippen LogP contribution >= 0.6 is 0 Å². The van der Waals surface area contributed by atoms with E-state index in [1.165, 1.54) is 0 Å². The number of benzene rings is 10. The topological polar surface area (TPSA) is 3.24 Å². The molecule has 0 N–H and O–H groups in total. The largest absolute Gasteiger partial charge is 0.310 e. The average Bonchev–Trinajstić information content (AvgIpc) is 3.35. The van der Waals surface area contributed by atoms with Gasteiger partial charge in [0.05, 0.1) is 26.2 Å². The number of anilines is 3. The normalized spacial score (nSPS) is 15.4. The highest BCUT2D eigenvalue weighted by Gasteiger charge is 2.19. The molecule has 0 unspecified atom stereocenters. The van der Waals surface area contributed by atoms with E-state index in [4.69, 9.17) is 12.3 Å². The second-order valence-corrected chi connectivity index (χ2v) is 12.5. The number of hydrogen-bond acceptors (Lipinski definition) is 1. The molecular formula is C52H35N. The highest BCUT2D eigenvalue weighted by atomic mass is 15.1. The second kappa shape index (κ2) is 13.0. The van der Waals surface area contributed by atoms with Crippen LogP contribution in [0.1, 0.15) is 20.6 Å². The number of nitrogens with zero attached hydrogens (tertiary/aromatic N) is 1. The van der Waals surface area contributed by atoms with E-state index in [-0.39, 0.29) is 5.69 Å². The summed E-state index contributed by atoms with van der Waals surface area (Å²) in [6.45, 7) is 0. The van der Waals surface area contributed by atoms with Crippen LogP contribution in [0.2, 0.25) is 0 Å². The molecule has 1 nitrogen and oxygen atoms in total. The summed E-state index contributed by atoms with van der Waals surface area (Å²) in [5, 5.41) is 4.47. The molecule has 0 amide bonds. The van der Waals surface area contributed by atoms with Gasteiger partial charge >= 0.3 is 0 Å². The van der Waals surface area contributed by atoms with Crippen molar-refractivity contribution >= 4 is 60.2 Å². The quantitative estimate of drug-likeness (QED) is 0.157. The molecule has 0 bridgehead atoms. The Labute approximate surface area is 330 Å². The van der Waals surface area contributed by atoms with E-state index >= 15 is 0 Å². The summed E-state index contributed by atoms with van der Waals surface area (Å²) in [5.74, 6) is 0. The lowest BCUT2D eigenvalue weighted by molar-refractivity contribution is 1.30. The molecule has 0 spiro atoms. The highest BCUT2D eigenvalue weighted by Crippen LogP contribution is 2.44. The summed E-state index contributed by atoms with van der Waals surface area (Å²) >= 11 is 0. The van der Waals surface area contributed by atoms with E-state index in [0.717, 1.165) is 43.4 Å². The zero-order valence-electron chi connectivity index (χ0n) is 43.0. The van der Waals surface area contributed by atoms with Crippen LogP contribution in [-0.2, 0) is 0 Å². The molecule has 0 saturated heterocycles. The first kappa shape index (κ1) is 19.0. The van der Waals surface area contributed by atoms with Gasteiger partial charge in [-0.2, -0.15) is 0 Å². The molecular weight excluding hydrogens is 639 g/mol. The molecule has 0 fully saturated rings. The van der Waals surface area contributed by atoms with Gasteiger partial charge in [0.25, 0.3) is 0 Å². The molecule has 248 valence electrons. The van der Waals surface area contributed by atoms with Gasteiger partial charge in [0.1, 0.15) is 0 Å². The first-order valence-electron chi connectivity index (χ1n) is 24.5. The van der Waals surface area contributed by atoms with Crippen LogP contribution in [0, 0.1) is 0 Å². The van der Waals surface area contributed by atoms with Crippen molar-refractivity contribution in [2.75, 3.05) is 4.90 Å². The average molecular weight is 689 g/mol. The summed E-state index contributed by atoms with van der Waals surface area (Å²) in [4.78, 5) is 1.65. The van der Waals surface area contributed by atoms with Crippen molar-refractivity contribution in [3.05, 3.63) is 212 Å². The zero-order valence-corrected chi connectivity index (χ0v) is 28.0. The SMILES string of the molecule is [2H]c1c([2H])c([2H])c(-c2c(-c3c([2H])c([2H])c(N(c4ccc(-c5cccc6ccccc56)cc4)c4cc5ccccc5c5ccccc45)c([2H])c3[2H])c([2H])c3c([2H])c([2H])c([2H])c([2H])c3c2[2H])c([2H])c1[2H]. The smallest absolute Gasteiger partial charge is 0.0645 e. The molecule has 0 aromatic heterocycles. The maximum atomic E-state index is 9.85. The molecule has 0 heterocycles. The van der Waals surface area contributed by atoms with Crippen molar-refractivity contribution in [3.8, 4) is 33.4 Å². The van der Waals surface area contributed by atoms with Crippen molar-refractivity contribution < 1.29 is 20.6 Å². The molecule has 53 heavy (non-hydrogen) atoms. The Bertz CT molecular complexity index is 3750. The third-order valence-electron chi connectivity index (χ3n) is 9.49. The minimum Gasteiger partial charge on any atom is -0.310 e. The zero-order chi connectivity index (χ0) is 48.2. The van der Waals surface area contributed by atoms with Gasteiger partial charge in [-0.15, -0.1) is 0 Å². The molecule has 10 aromatic rings. The second-order valence-electron chi connectivity index (χ2n) is 12.5. The fourth-order valence-corrected chi connectivity index (χ4v) is 7.04. The van der Waals surface area contributed by atoms with E-state index in [1.54, 1.807) is 4.90 Å². The summed E-state index contributed by atoms with van der Waals surface area (Å²) in [6.07, 6.45) is 0. The van der Waals surface area contributed by atoms with E-state index in [1.807, 2.05) is 121 Å². The van der Waals surface area contributed by atoms with Crippen LogP contribution < -0.4 is 4.90 Å². The summed E-state index contributed by atoms with van der Waals surface area (Å²) in [6, 6.07) is 27.8. The van der Waals surface area contributed by atoms with E-state index in [9.17, 15) is 8.22 Å². The van der Waals surface area contributed by atoms with Gasteiger partial charge < -0.3 is 4.90 Å². The Hall–Kier alpha value is -6.96. The van der Waals surface area contributed by atoms with Gasteiger partial charge in [-0.1, -0.05) is 170 Å². The van der Waals surface area contributed by atoms with Gasteiger partial charge in [-0.3, -0.25) is 0 Å². The third-order valence-corrected chi connectivity index (χ3v) is 9.49. The van der Waals surface area contributed by atoms with Crippen molar-refractivity contribution in [2.24, 2.45) is 0 Å². The maximum absolute atomic E-state index is 9.85. The molecule has 10 aromatic carbocycles. The predicted molar refractivity (Wildman–Crippen MR) is 227 cm³/mol. The first-order chi connectivity index (χ1) is 32.5. The van der Waals surface area contributed by atoms with E-state index in [2.05, 4.69) is 0 Å². The summed E-state index contributed by atoms with van der Waals surface area (Å²) in [7, 11) is 0. The fourth-order valence-electron chi connectivity index (χ4n) is 7.04. The van der Waals surface area contributed by atoms with Crippen molar-refractivity contribution in [2.45, 2.75) is 0 Å². The van der Waals surface area contributed by atoms with Gasteiger partial charge in [0, 0.05) is 16.8 Å². The first-order valence-corrected chi connectivity index (χ1v) is 17.0. The Morgan fingerprint density at radius 3 is 1.62 bits per heavy atom. The minimum absolute atomic E-state index is 0.188. The minimum atomic E-state index is -0.807. The van der Waals surface area contributed by atoms with Crippen LogP contribution in [0.25, 0.3) is 76.5 Å². The van der Waals surface area contributed by atoms with Crippen LogP contribution in [0.4, 0.5) is 17.1 Å². The van der Waals surface area contributed by atoms with Gasteiger partial charge in [-0.05, 0) is 113 Å². The molecule has 0 saturated carbocycles. The Balaban J connectivity index is 1.31. The van der Waals surface area contributed by atoms with Crippen LogP contribution in [0.5, 0.6) is 0 Å². The summed E-state index contributed by atoms with van der Waals surface area (Å²) < 4.78 is 136. The van der Waals surface area contributed by atoms with Gasteiger partial charge in [0.15, 0.2) is 0 Å². The van der Waals surface area contributed by atoms with Gasteiger partial charge in [-0.25, -0.2) is 0 Å². The van der Waals surface area contributed by atoms with Crippen molar-refractivity contribution in [3.63, 3.8) is 0 Å². The van der Waals surface area contributed by atoms with E-state index in [0.29, 0.717) is 11.4 Å². The molecule has 0 aliphatic rings. The molecule has 0 aliphatic heterocycles. The van der Waals surface area contributed by atoms with Gasteiger partial charge in [0.2, 0.25) is 0 Å². The summed E-state index contributed by atoms with van der Waals surface area (Å²) in [5.41, 5.74) is 0.306. The lowest BCUT2D eigenvalue weighted by Gasteiger charge is -2.28. The molecule has 1 heteroatoms. The Morgan fingerprint density at radius 1 is 0.340 bits per heavy atom. The third kappa shape index (κ3) is 5.51. The van der Waals surface area contributed by atoms with Crippen LogP contribution in [0.15, 0.2) is 212 Å². The number of rotatable bonds is 6. The lowest BCUT2D eigenvalue weighted by Crippen LogP contribution is -2.10. The van der Waals surface area contributed by atoms with Crippen molar-refractivity contribution in [1.82, 2.24) is 0 Å². The number of hydrogen-bond donors (Lipinski definition) is 0. The molecule has 0 atom stereocenters. The highest BCUT2D eigenvalue weighted by molar-refractivity contribution is 6.14.